The topological polar surface area (TPSA) is 32.7 Å². The number of aliphatic hydroxyl groups excluding tert-OH is 1. The first-order valence-electron chi connectivity index (χ1n) is 5.62. The first-order chi connectivity index (χ1) is 8.26. The molecule has 0 atom stereocenters. The molecule has 0 aliphatic rings. The molecule has 0 bridgehead atoms. The summed E-state index contributed by atoms with van der Waals surface area (Å²) in [7, 11) is 3.80. The van der Waals surface area contributed by atoms with Gasteiger partial charge in [0.25, 0.3) is 0 Å². The van der Waals surface area contributed by atoms with E-state index in [0.29, 0.717) is 6.42 Å². The van der Waals surface area contributed by atoms with E-state index in [1.54, 1.807) is 18.4 Å². The van der Waals surface area contributed by atoms with Gasteiger partial charge < -0.3 is 9.84 Å². The molecule has 0 unspecified atom stereocenters. The summed E-state index contributed by atoms with van der Waals surface area (Å²) in [5, 5.41) is 8.63. The van der Waals surface area contributed by atoms with Gasteiger partial charge >= 0.3 is 0 Å². The molecular weight excluding hydrogens is 234 g/mol. The molecule has 3 nitrogen and oxygen atoms in total. The minimum Gasteiger partial charge on any atom is -0.395 e. The quantitative estimate of drug-likeness (QED) is 0.781. The lowest BCUT2D eigenvalue weighted by atomic mass is 10.4. The predicted molar refractivity (Wildman–Crippen MR) is 71.1 cm³/mol. The fourth-order valence-corrected chi connectivity index (χ4v) is 2.29. The van der Waals surface area contributed by atoms with Crippen LogP contribution in [0.3, 0.4) is 0 Å². The second-order valence-electron chi connectivity index (χ2n) is 3.77. The zero-order valence-electron chi connectivity index (χ0n) is 10.4. The van der Waals surface area contributed by atoms with E-state index in [4.69, 9.17) is 9.84 Å². The number of aliphatic hydroxyl groups is 1. The third-order valence-corrected chi connectivity index (χ3v) is 3.20. The molecule has 1 N–H and O–H groups in total. The highest BCUT2D eigenvalue weighted by Gasteiger charge is 2.02. The number of rotatable bonds is 6. The van der Waals surface area contributed by atoms with Crippen molar-refractivity contribution in [2.45, 2.75) is 13.0 Å². The summed E-state index contributed by atoms with van der Waals surface area (Å²) in [6.07, 6.45) is 0.543. The first kappa shape index (κ1) is 14.2. The van der Waals surface area contributed by atoms with Crippen LogP contribution in [-0.2, 0) is 11.3 Å². The predicted octanol–water partition coefficient (Wildman–Crippen LogP) is 1.56. The third kappa shape index (κ3) is 5.85. The maximum Gasteiger partial charge on any atom is 0.0771 e. The number of methoxy groups -OCH3 is 1. The second kappa shape index (κ2) is 8.26. The van der Waals surface area contributed by atoms with Crippen molar-refractivity contribution >= 4 is 11.3 Å². The molecule has 0 amide bonds. The van der Waals surface area contributed by atoms with Crippen LogP contribution in [0.2, 0.25) is 0 Å². The van der Waals surface area contributed by atoms with E-state index in [2.05, 4.69) is 29.9 Å². The van der Waals surface area contributed by atoms with E-state index in [1.165, 1.54) is 4.88 Å². The molecule has 17 heavy (non-hydrogen) atoms. The minimum atomic E-state index is 0.130. The van der Waals surface area contributed by atoms with Crippen LogP contribution in [0.4, 0.5) is 0 Å². The van der Waals surface area contributed by atoms with Crippen LogP contribution in [0.1, 0.15) is 16.2 Å². The van der Waals surface area contributed by atoms with Crippen molar-refractivity contribution in [1.29, 1.82) is 0 Å². The molecule has 1 heterocycles. The summed E-state index contributed by atoms with van der Waals surface area (Å²) in [5.74, 6) is 5.98. The number of hydrogen-bond donors (Lipinski definition) is 1. The lowest BCUT2D eigenvalue weighted by Gasteiger charge is -2.14. The van der Waals surface area contributed by atoms with Gasteiger partial charge in [0.15, 0.2) is 0 Å². The average Bonchev–Trinajstić information content (AvgIpc) is 2.74. The minimum absolute atomic E-state index is 0.130. The standard InChI is InChI=1S/C13H19NO2S/c1-14(8-10-16-2)11-13-7-6-12(17-13)5-3-4-9-15/h6-7,15H,4,8-11H2,1-2H3. The Kier molecular flexibility index (Phi) is 6.90. The summed E-state index contributed by atoms with van der Waals surface area (Å²) in [4.78, 5) is 4.59. The molecule has 94 valence electrons. The van der Waals surface area contributed by atoms with Gasteiger partial charge in [-0.15, -0.1) is 11.3 Å². The maximum absolute atomic E-state index is 8.63. The van der Waals surface area contributed by atoms with Crippen molar-refractivity contribution in [1.82, 2.24) is 4.90 Å². The molecule has 0 aliphatic carbocycles. The van der Waals surface area contributed by atoms with E-state index >= 15 is 0 Å². The van der Waals surface area contributed by atoms with Gasteiger partial charge in [0.2, 0.25) is 0 Å². The Balaban J connectivity index is 2.43. The van der Waals surface area contributed by atoms with Crippen molar-refractivity contribution in [2.75, 3.05) is 33.9 Å². The number of likely N-dealkylation sites (N-methyl/N-ethyl adjacent to an activating group) is 1. The largest absolute Gasteiger partial charge is 0.395 e. The Hall–Kier alpha value is -0.860. The molecule has 0 aromatic carbocycles. The Morgan fingerprint density at radius 3 is 3.00 bits per heavy atom. The summed E-state index contributed by atoms with van der Waals surface area (Å²) in [6, 6.07) is 4.14. The van der Waals surface area contributed by atoms with Gasteiger partial charge in [0.1, 0.15) is 0 Å². The molecule has 1 rings (SSSR count). The molecule has 1 aromatic rings. The fraction of sp³-hybridized carbons (Fsp3) is 0.538. The van der Waals surface area contributed by atoms with Crippen molar-refractivity contribution < 1.29 is 9.84 Å². The molecule has 4 heteroatoms. The Labute approximate surface area is 107 Å². The molecule has 0 saturated carbocycles. The van der Waals surface area contributed by atoms with Gasteiger partial charge in [-0.05, 0) is 19.2 Å². The van der Waals surface area contributed by atoms with Crippen LogP contribution in [0.5, 0.6) is 0 Å². The van der Waals surface area contributed by atoms with Gasteiger partial charge in [0.05, 0.1) is 18.1 Å². The van der Waals surface area contributed by atoms with Gasteiger partial charge in [0, 0.05) is 31.5 Å². The molecule has 1 aromatic heterocycles. The van der Waals surface area contributed by atoms with Crippen molar-refractivity contribution in [3.8, 4) is 11.8 Å². The third-order valence-electron chi connectivity index (χ3n) is 2.21. The zero-order valence-corrected chi connectivity index (χ0v) is 11.2. The smallest absolute Gasteiger partial charge is 0.0771 e. The van der Waals surface area contributed by atoms with E-state index in [9.17, 15) is 0 Å². The number of ether oxygens (including phenoxy) is 1. The maximum atomic E-state index is 8.63. The molecule has 0 fully saturated rings. The number of nitrogens with zero attached hydrogens (tertiary/aromatic N) is 1. The van der Waals surface area contributed by atoms with Crippen LogP contribution in [-0.4, -0.2) is 43.9 Å². The summed E-state index contributed by atoms with van der Waals surface area (Å²) in [6.45, 7) is 2.74. The summed E-state index contributed by atoms with van der Waals surface area (Å²) in [5.41, 5.74) is 0. The van der Waals surface area contributed by atoms with Crippen molar-refractivity contribution in [3.63, 3.8) is 0 Å². The lowest BCUT2D eigenvalue weighted by Crippen LogP contribution is -2.21. The Bertz CT molecular complexity index is 378. The Morgan fingerprint density at radius 1 is 1.47 bits per heavy atom. The molecule has 0 radical (unpaired) electrons. The van der Waals surface area contributed by atoms with E-state index in [1.807, 2.05) is 6.07 Å². The second-order valence-corrected chi connectivity index (χ2v) is 4.94. The van der Waals surface area contributed by atoms with Gasteiger partial charge in [-0.25, -0.2) is 0 Å². The normalized spacial score (nSPS) is 10.4. The molecule has 0 spiro atoms. The highest BCUT2D eigenvalue weighted by Crippen LogP contribution is 2.16. The highest BCUT2D eigenvalue weighted by atomic mass is 32.1. The molecule has 0 saturated heterocycles. The highest BCUT2D eigenvalue weighted by molar-refractivity contribution is 7.12. The Morgan fingerprint density at radius 2 is 2.29 bits per heavy atom. The van der Waals surface area contributed by atoms with Crippen LogP contribution in [0, 0.1) is 11.8 Å². The van der Waals surface area contributed by atoms with Gasteiger partial charge in [-0.3, -0.25) is 4.90 Å². The monoisotopic (exact) mass is 253 g/mol. The lowest BCUT2D eigenvalue weighted by molar-refractivity contribution is 0.159. The molecular formula is C13H19NO2S. The molecule has 0 aliphatic heterocycles. The van der Waals surface area contributed by atoms with E-state index in [-0.39, 0.29) is 6.61 Å². The fourth-order valence-electron chi connectivity index (χ4n) is 1.33. The average molecular weight is 253 g/mol. The van der Waals surface area contributed by atoms with Gasteiger partial charge in [-0.2, -0.15) is 0 Å². The van der Waals surface area contributed by atoms with E-state index < -0.39 is 0 Å². The zero-order chi connectivity index (χ0) is 12.5. The van der Waals surface area contributed by atoms with Crippen molar-refractivity contribution in [3.05, 3.63) is 21.9 Å². The van der Waals surface area contributed by atoms with Gasteiger partial charge in [-0.1, -0.05) is 11.8 Å². The van der Waals surface area contributed by atoms with Crippen molar-refractivity contribution in [2.24, 2.45) is 0 Å². The van der Waals surface area contributed by atoms with Crippen LogP contribution < -0.4 is 0 Å². The first-order valence-corrected chi connectivity index (χ1v) is 6.44. The van der Waals surface area contributed by atoms with E-state index in [0.717, 1.165) is 24.6 Å². The van der Waals surface area contributed by atoms with Crippen LogP contribution >= 0.6 is 11.3 Å². The summed E-state index contributed by atoms with van der Waals surface area (Å²) >= 11 is 1.71. The van der Waals surface area contributed by atoms with Crippen LogP contribution in [0.15, 0.2) is 12.1 Å². The number of hydrogen-bond acceptors (Lipinski definition) is 4. The number of thiophene rings is 1. The summed E-state index contributed by atoms with van der Waals surface area (Å²) < 4.78 is 5.04. The SMILES string of the molecule is COCCN(C)Cc1ccc(C#CCCO)s1. The van der Waals surface area contributed by atoms with Crippen LogP contribution in [0.25, 0.3) is 0 Å².